The maximum Gasteiger partial charge on any atom is 0.220 e. The maximum absolute atomic E-state index is 11.9. The SMILES string of the molecule is CC(C)C(C)NC(=O)CCc1ccc(-c2ccccc2)o1. The molecule has 0 aliphatic heterocycles. The highest BCUT2D eigenvalue weighted by molar-refractivity contribution is 5.76. The van der Waals surface area contributed by atoms with E-state index in [-0.39, 0.29) is 11.9 Å². The molecule has 21 heavy (non-hydrogen) atoms. The van der Waals surface area contributed by atoms with E-state index in [1.54, 1.807) is 0 Å². The second-order valence-electron chi connectivity index (χ2n) is 5.73. The number of aryl methyl sites for hydroxylation is 1. The van der Waals surface area contributed by atoms with Crippen LogP contribution in [0.1, 0.15) is 33.0 Å². The Morgan fingerprint density at radius 2 is 1.81 bits per heavy atom. The van der Waals surface area contributed by atoms with Gasteiger partial charge in [0, 0.05) is 24.4 Å². The van der Waals surface area contributed by atoms with Crippen molar-refractivity contribution in [1.82, 2.24) is 5.32 Å². The predicted octanol–water partition coefficient (Wildman–Crippen LogP) is 4.04. The van der Waals surface area contributed by atoms with E-state index in [1.165, 1.54) is 0 Å². The molecule has 1 amide bonds. The number of benzene rings is 1. The fraction of sp³-hybridized carbons (Fsp3) is 0.389. The Morgan fingerprint density at radius 3 is 2.48 bits per heavy atom. The number of carbonyl (C=O) groups excluding carboxylic acids is 1. The van der Waals surface area contributed by atoms with E-state index in [0.717, 1.165) is 17.1 Å². The molecule has 3 heteroatoms. The van der Waals surface area contributed by atoms with E-state index in [0.29, 0.717) is 18.8 Å². The molecule has 112 valence electrons. The van der Waals surface area contributed by atoms with Gasteiger partial charge in [0.25, 0.3) is 0 Å². The molecule has 2 rings (SSSR count). The number of hydrogen-bond acceptors (Lipinski definition) is 2. The molecule has 1 aromatic carbocycles. The van der Waals surface area contributed by atoms with Gasteiger partial charge in [0.1, 0.15) is 11.5 Å². The lowest BCUT2D eigenvalue weighted by Gasteiger charge is -2.17. The largest absolute Gasteiger partial charge is 0.461 e. The lowest BCUT2D eigenvalue weighted by Crippen LogP contribution is -2.36. The molecule has 0 radical (unpaired) electrons. The molecule has 1 atom stereocenters. The highest BCUT2D eigenvalue weighted by Gasteiger charge is 2.12. The molecule has 0 fully saturated rings. The van der Waals surface area contributed by atoms with E-state index in [4.69, 9.17) is 4.42 Å². The summed E-state index contributed by atoms with van der Waals surface area (Å²) >= 11 is 0. The van der Waals surface area contributed by atoms with Crippen LogP contribution in [-0.2, 0) is 11.2 Å². The lowest BCUT2D eigenvalue weighted by molar-refractivity contribution is -0.122. The van der Waals surface area contributed by atoms with E-state index < -0.39 is 0 Å². The zero-order valence-corrected chi connectivity index (χ0v) is 12.9. The molecule has 1 unspecified atom stereocenters. The first-order chi connectivity index (χ1) is 10.1. The summed E-state index contributed by atoms with van der Waals surface area (Å²) in [5, 5.41) is 3.01. The van der Waals surface area contributed by atoms with Crippen LogP contribution in [0.3, 0.4) is 0 Å². The van der Waals surface area contributed by atoms with Crippen LogP contribution in [0.2, 0.25) is 0 Å². The van der Waals surface area contributed by atoms with Crippen molar-refractivity contribution < 1.29 is 9.21 Å². The summed E-state index contributed by atoms with van der Waals surface area (Å²) in [5.41, 5.74) is 1.06. The van der Waals surface area contributed by atoms with Crippen LogP contribution in [0, 0.1) is 5.92 Å². The molecule has 3 nitrogen and oxygen atoms in total. The molecule has 1 heterocycles. The lowest BCUT2D eigenvalue weighted by atomic mass is 10.1. The van der Waals surface area contributed by atoms with Crippen molar-refractivity contribution in [2.75, 3.05) is 0 Å². The molecule has 0 saturated heterocycles. The van der Waals surface area contributed by atoms with Crippen LogP contribution in [0.25, 0.3) is 11.3 Å². The minimum atomic E-state index is 0.0776. The molecule has 1 N–H and O–H groups in total. The minimum Gasteiger partial charge on any atom is -0.461 e. The van der Waals surface area contributed by atoms with Crippen molar-refractivity contribution in [3.8, 4) is 11.3 Å². The first-order valence-corrected chi connectivity index (χ1v) is 7.49. The number of rotatable bonds is 6. The van der Waals surface area contributed by atoms with Gasteiger partial charge in [-0.25, -0.2) is 0 Å². The Hall–Kier alpha value is -2.03. The van der Waals surface area contributed by atoms with E-state index in [9.17, 15) is 4.79 Å². The van der Waals surface area contributed by atoms with Crippen LogP contribution >= 0.6 is 0 Å². The van der Waals surface area contributed by atoms with Gasteiger partial charge in [-0.1, -0.05) is 44.2 Å². The third-order valence-electron chi connectivity index (χ3n) is 3.71. The molecule has 0 aliphatic rings. The van der Waals surface area contributed by atoms with Crippen molar-refractivity contribution in [1.29, 1.82) is 0 Å². The molecule has 2 aromatic rings. The normalized spacial score (nSPS) is 12.4. The summed E-state index contributed by atoms with van der Waals surface area (Å²) in [6, 6.07) is 14.1. The summed E-state index contributed by atoms with van der Waals surface area (Å²) < 4.78 is 5.79. The fourth-order valence-electron chi connectivity index (χ4n) is 2.00. The highest BCUT2D eigenvalue weighted by atomic mass is 16.3. The summed E-state index contributed by atoms with van der Waals surface area (Å²) in [4.78, 5) is 11.9. The van der Waals surface area contributed by atoms with Crippen molar-refractivity contribution >= 4 is 5.91 Å². The van der Waals surface area contributed by atoms with Crippen LogP contribution < -0.4 is 5.32 Å². The van der Waals surface area contributed by atoms with Gasteiger partial charge < -0.3 is 9.73 Å². The van der Waals surface area contributed by atoms with Gasteiger partial charge >= 0.3 is 0 Å². The number of hydrogen-bond donors (Lipinski definition) is 1. The number of amides is 1. The van der Waals surface area contributed by atoms with Crippen molar-refractivity contribution in [2.45, 2.75) is 39.7 Å². The Morgan fingerprint density at radius 1 is 1.10 bits per heavy atom. The Kier molecular flexibility index (Phi) is 5.20. The average Bonchev–Trinajstić information content (AvgIpc) is 2.95. The smallest absolute Gasteiger partial charge is 0.220 e. The predicted molar refractivity (Wildman–Crippen MR) is 84.9 cm³/mol. The monoisotopic (exact) mass is 285 g/mol. The van der Waals surface area contributed by atoms with Gasteiger partial charge in [0.2, 0.25) is 5.91 Å². The van der Waals surface area contributed by atoms with Crippen LogP contribution in [0.4, 0.5) is 0 Å². The van der Waals surface area contributed by atoms with Gasteiger partial charge in [-0.15, -0.1) is 0 Å². The molecule has 0 aliphatic carbocycles. The topological polar surface area (TPSA) is 42.2 Å². The number of nitrogens with one attached hydrogen (secondary N) is 1. The molecule has 0 spiro atoms. The van der Waals surface area contributed by atoms with E-state index >= 15 is 0 Å². The first kappa shape index (κ1) is 15.4. The quantitative estimate of drug-likeness (QED) is 0.870. The molecule has 0 saturated carbocycles. The van der Waals surface area contributed by atoms with E-state index in [1.807, 2.05) is 49.4 Å². The van der Waals surface area contributed by atoms with Gasteiger partial charge in [-0.05, 0) is 25.0 Å². The second kappa shape index (κ2) is 7.11. The summed E-state index contributed by atoms with van der Waals surface area (Å²) in [5.74, 6) is 2.22. The summed E-state index contributed by atoms with van der Waals surface area (Å²) in [6.07, 6.45) is 1.09. The summed E-state index contributed by atoms with van der Waals surface area (Å²) in [7, 11) is 0. The van der Waals surface area contributed by atoms with Gasteiger partial charge in [-0.2, -0.15) is 0 Å². The van der Waals surface area contributed by atoms with Crippen molar-refractivity contribution in [3.63, 3.8) is 0 Å². The van der Waals surface area contributed by atoms with Gasteiger partial charge in [0.15, 0.2) is 0 Å². The second-order valence-corrected chi connectivity index (χ2v) is 5.73. The first-order valence-electron chi connectivity index (χ1n) is 7.49. The Bertz CT molecular complexity index is 572. The van der Waals surface area contributed by atoms with E-state index in [2.05, 4.69) is 19.2 Å². The third kappa shape index (κ3) is 4.48. The Balaban J connectivity index is 1.87. The number of carbonyl (C=O) groups is 1. The zero-order valence-electron chi connectivity index (χ0n) is 12.9. The standard InChI is InChI=1S/C18H23NO2/c1-13(2)14(3)19-18(20)12-10-16-9-11-17(21-16)15-7-5-4-6-8-15/h4-9,11,13-14H,10,12H2,1-3H3,(H,19,20). The van der Waals surface area contributed by atoms with Gasteiger partial charge in [0.05, 0.1) is 0 Å². The molecular weight excluding hydrogens is 262 g/mol. The summed E-state index contributed by atoms with van der Waals surface area (Å²) in [6.45, 7) is 6.23. The molecule has 0 bridgehead atoms. The average molecular weight is 285 g/mol. The molecular formula is C18H23NO2. The Labute approximate surface area is 126 Å². The van der Waals surface area contributed by atoms with Crippen LogP contribution in [-0.4, -0.2) is 11.9 Å². The number of furan rings is 1. The highest BCUT2D eigenvalue weighted by Crippen LogP contribution is 2.22. The van der Waals surface area contributed by atoms with Gasteiger partial charge in [-0.3, -0.25) is 4.79 Å². The minimum absolute atomic E-state index is 0.0776. The molecule has 1 aromatic heterocycles. The van der Waals surface area contributed by atoms with Crippen LogP contribution in [0.15, 0.2) is 46.9 Å². The zero-order chi connectivity index (χ0) is 15.2. The van der Waals surface area contributed by atoms with Crippen LogP contribution in [0.5, 0.6) is 0 Å². The maximum atomic E-state index is 11.9. The van der Waals surface area contributed by atoms with Crippen molar-refractivity contribution in [2.24, 2.45) is 5.92 Å². The fourth-order valence-corrected chi connectivity index (χ4v) is 2.00. The third-order valence-corrected chi connectivity index (χ3v) is 3.71. The van der Waals surface area contributed by atoms with Crippen molar-refractivity contribution in [3.05, 3.63) is 48.2 Å².